The summed E-state index contributed by atoms with van der Waals surface area (Å²) < 4.78 is 27.6. The molecule has 0 spiro atoms. The third-order valence-corrected chi connectivity index (χ3v) is 2.91. The molecule has 0 bridgehead atoms. The van der Waals surface area contributed by atoms with Crippen molar-refractivity contribution in [3.8, 4) is 6.07 Å². The van der Waals surface area contributed by atoms with E-state index in [0.29, 0.717) is 6.42 Å². The van der Waals surface area contributed by atoms with Crippen LogP contribution in [0.1, 0.15) is 30.4 Å². The summed E-state index contributed by atoms with van der Waals surface area (Å²) in [5, 5.41) is 8.54. The quantitative estimate of drug-likeness (QED) is 0.731. The van der Waals surface area contributed by atoms with Crippen LogP contribution < -0.4 is 0 Å². The van der Waals surface area contributed by atoms with Gasteiger partial charge in [0.2, 0.25) is 0 Å². The molecule has 0 radical (unpaired) electrons. The molecule has 1 aromatic rings. The molecule has 82 valence electrons. The van der Waals surface area contributed by atoms with Gasteiger partial charge in [-0.2, -0.15) is 5.26 Å². The second kappa shape index (κ2) is 3.67. The average Bonchev–Trinajstić information content (AvgIpc) is 2.60. The van der Waals surface area contributed by atoms with Crippen LogP contribution in [0.4, 0.5) is 8.78 Å². The summed E-state index contributed by atoms with van der Waals surface area (Å²) in [6.07, 6.45) is 0.770. The molecule has 2 nitrogen and oxygen atoms in total. The molecule has 0 aromatic heterocycles. The van der Waals surface area contributed by atoms with Gasteiger partial charge in [-0.05, 0) is 30.5 Å². The number of nitrogens with zero attached hydrogens (tertiary/aromatic N) is 1. The van der Waals surface area contributed by atoms with Gasteiger partial charge in [0.05, 0.1) is 5.56 Å². The molecule has 1 unspecified atom stereocenters. The first kappa shape index (κ1) is 10.7. The number of Topliss-reactive ketones (excluding diaryl/α,β-unsaturated/α-hetero) is 1. The Bertz CT molecular complexity index is 492. The van der Waals surface area contributed by atoms with Crippen LogP contribution >= 0.6 is 0 Å². The van der Waals surface area contributed by atoms with E-state index >= 15 is 0 Å². The van der Waals surface area contributed by atoms with Crippen molar-refractivity contribution in [2.24, 2.45) is 0 Å². The number of halogens is 2. The van der Waals surface area contributed by atoms with Gasteiger partial charge in [-0.25, -0.2) is 8.78 Å². The lowest BCUT2D eigenvalue weighted by molar-refractivity contribution is -0.127. The second-order valence-electron chi connectivity index (χ2n) is 3.88. The summed E-state index contributed by atoms with van der Waals surface area (Å²) in [5.41, 5.74) is -2.18. The van der Waals surface area contributed by atoms with E-state index in [1.54, 1.807) is 6.07 Å². The van der Waals surface area contributed by atoms with Gasteiger partial charge < -0.3 is 0 Å². The van der Waals surface area contributed by atoms with Gasteiger partial charge in [0.25, 0.3) is 0 Å². The monoisotopic (exact) mass is 221 g/mol. The van der Waals surface area contributed by atoms with E-state index in [0.717, 1.165) is 6.07 Å². The molecule has 1 fully saturated rings. The first-order chi connectivity index (χ1) is 7.58. The second-order valence-corrected chi connectivity index (χ2v) is 3.88. The van der Waals surface area contributed by atoms with Gasteiger partial charge in [0.1, 0.15) is 11.9 Å². The number of nitriles is 1. The number of carbonyl (C=O) groups excluding carboxylic acids is 1. The number of ketones is 1. The maximum atomic E-state index is 14.3. The van der Waals surface area contributed by atoms with E-state index in [4.69, 9.17) is 5.26 Å². The standard InChI is InChI=1S/C12H9F2NO/c13-10-6-9(4-3-8(10)7-15)12(14)5-1-2-11(12)16/h3-4,6H,1-2,5H2. The van der Waals surface area contributed by atoms with E-state index < -0.39 is 17.3 Å². The number of rotatable bonds is 1. The van der Waals surface area contributed by atoms with Crippen LogP contribution in [0.15, 0.2) is 18.2 Å². The number of alkyl halides is 1. The topological polar surface area (TPSA) is 40.9 Å². The van der Waals surface area contributed by atoms with E-state index in [2.05, 4.69) is 0 Å². The highest BCUT2D eigenvalue weighted by atomic mass is 19.1. The smallest absolute Gasteiger partial charge is 0.193 e. The Morgan fingerprint density at radius 1 is 1.44 bits per heavy atom. The first-order valence-corrected chi connectivity index (χ1v) is 5.00. The average molecular weight is 221 g/mol. The van der Waals surface area contributed by atoms with Gasteiger partial charge in [0, 0.05) is 6.42 Å². The Labute approximate surface area is 91.5 Å². The summed E-state index contributed by atoms with van der Waals surface area (Å²) in [7, 11) is 0. The van der Waals surface area contributed by atoms with Crippen LogP contribution in [0.25, 0.3) is 0 Å². The fourth-order valence-corrected chi connectivity index (χ4v) is 1.99. The van der Waals surface area contributed by atoms with Crippen molar-refractivity contribution in [1.29, 1.82) is 5.26 Å². The van der Waals surface area contributed by atoms with Crippen molar-refractivity contribution >= 4 is 5.78 Å². The highest BCUT2D eigenvalue weighted by Gasteiger charge is 2.44. The molecule has 1 aliphatic rings. The van der Waals surface area contributed by atoms with Crippen molar-refractivity contribution in [2.45, 2.75) is 24.9 Å². The Hall–Kier alpha value is -1.76. The number of carbonyl (C=O) groups is 1. The van der Waals surface area contributed by atoms with Crippen molar-refractivity contribution in [3.05, 3.63) is 35.1 Å². The fraction of sp³-hybridized carbons (Fsp3) is 0.333. The number of hydrogen-bond donors (Lipinski definition) is 0. The molecule has 0 saturated heterocycles. The molecule has 1 aliphatic carbocycles. The normalized spacial score (nSPS) is 24.4. The number of hydrogen-bond acceptors (Lipinski definition) is 2. The Balaban J connectivity index is 2.46. The maximum Gasteiger partial charge on any atom is 0.193 e. The maximum absolute atomic E-state index is 14.3. The van der Waals surface area contributed by atoms with E-state index in [1.807, 2.05) is 0 Å². The molecular weight excluding hydrogens is 212 g/mol. The molecule has 4 heteroatoms. The van der Waals surface area contributed by atoms with Gasteiger partial charge in [0.15, 0.2) is 11.5 Å². The molecule has 16 heavy (non-hydrogen) atoms. The van der Waals surface area contributed by atoms with Gasteiger partial charge in [-0.3, -0.25) is 4.79 Å². The highest BCUT2D eigenvalue weighted by Crippen LogP contribution is 2.39. The minimum atomic E-state index is -2.06. The molecular formula is C12H9F2NO. The molecule has 0 heterocycles. The molecule has 0 amide bonds. The molecule has 1 atom stereocenters. The van der Waals surface area contributed by atoms with E-state index in [9.17, 15) is 13.6 Å². The largest absolute Gasteiger partial charge is 0.296 e. The number of benzene rings is 1. The summed E-state index contributed by atoms with van der Waals surface area (Å²) >= 11 is 0. The molecule has 1 saturated carbocycles. The first-order valence-electron chi connectivity index (χ1n) is 5.00. The van der Waals surface area contributed by atoms with Crippen molar-refractivity contribution in [3.63, 3.8) is 0 Å². The zero-order chi connectivity index (χ0) is 11.8. The lowest BCUT2D eigenvalue weighted by Gasteiger charge is -2.17. The Morgan fingerprint density at radius 2 is 2.19 bits per heavy atom. The minimum Gasteiger partial charge on any atom is -0.296 e. The van der Waals surface area contributed by atoms with Crippen molar-refractivity contribution in [2.75, 3.05) is 0 Å². The third kappa shape index (κ3) is 1.49. The Morgan fingerprint density at radius 3 is 2.69 bits per heavy atom. The summed E-state index contributed by atoms with van der Waals surface area (Å²) in [6, 6.07) is 5.12. The zero-order valence-electron chi connectivity index (χ0n) is 8.46. The molecule has 1 aromatic carbocycles. The van der Waals surface area contributed by atoms with Crippen LogP contribution in [-0.4, -0.2) is 5.78 Å². The Kier molecular flexibility index (Phi) is 2.47. The lowest BCUT2D eigenvalue weighted by Crippen LogP contribution is -2.25. The summed E-state index contributed by atoms with van der Waals surface area (Å²) in [6.45, 7) is 0. The summed E-state index contributed by atoms with van der Waals surface area (Å²) in [5.74, 6) is -1.28. The zero-order valence-corrected chi connectivity index (χ0v) is 8.46. The predicted octanol–water partition coefficient (Wildman–Crippen LogP) is 2.62. The van der Waals surface area contributed by atoms with Gasteiger partial charge in [-0.1, -0.05) is 6.07 Å². The third-order valence-electron chi connectivity index (χ3n) is 2.91. The van der Waals surface area contributed by atoms with Crippen LogP contribution in [0, 0.1) is 17.1 Å². The molecule has 0 N–H and O–H groups in total. The van der Waals surface area contributed by atoms with Crippen molar-refractivity contribution in [1.82, 2.24) is 0 Å². The minimum absolute atomic E-state index is 0.0199. The van der Waals surface area contributed by atoms with Crippen LogP contribution in [0.3, 0.4) is 0 Å². The van der Waals surface area contributed by atoms with Crippen LogP contribution in [0.2, 0.25) is 0 Å². The molecule has 2 rings (SSSR count). The van der Waals surface area contributed by atoms with Gasteiger partial charge >= 0.3 is 0 Å². The van der Waals surface area contributed by atoms with Crippen molar-refractivity contribution < 1.29 is 13.6 Å². The summed E-state index contributed by atoms with van der Waals surface area (Å²) in [4.78, 5) is 11.4. The molecule has 0 aliphatic heterocycles. The van der Waals surface area contributed by atoms with E-state index in [-0.39, 0.29) is 24.0 Å². The SMILES string of the molecule is N#Cc1ccc(C2(F)CCCC2=O)cc1F. The predicted molar refractivity (Wildman–Crippen MR) is 52.8 cm³/mol. The van der Waals surface area contributed by atoms with Crippen LogP contribution in [0.5, 0.6) is 0 Å². The van der Waals surface area contributed by atoms with E-state index in [1.165, 1.54) is 12.1 Å². The highest BCUT2D eigenvalue weighted by molar-refractivity contribution is 5.90. The lowest BCUT2D eigenvalue weighted by atomic mass is 9.92. The fourth-order valence-electron chi connectivity index (χ4n) is 1.99. The van der Waals surface area contributed by atoms with Crippen LogP contribution in [-0.2, 0) is 10.5 Å². The van der Waals surface area contributed by atoms with Gasteiger partial charge in [-0.15, -0.1) is 0 Å².